The second kappa shape index (κ2) is 4.40. The molecule has 5 nitrogen and oxygen atoms in total. The molecule has 0 spiro atoms. The number of nitrogens with zero attached hydrogens (tertiary/aromatic N) is 1. The number of hydroxylamine groups is 2. The molecule has 0 N–H and O–H groups in total. The van der Waals surface area contributed by atoms with Gasteiger partial charge in [0, 0.05) is 7.05 Å². The van der Waals surface area contributed by atoms with Gasteiger partial charge in [-0.3, -0.25) is 9.63 Å². The third kappa shape index (κ3) is 1.94. The van der Waals surface area contributed by atoms with Gasteiger partial charge in [-0.15, -0.1) is 0 Å². The Labute approximate surface area is 93.5 Å². The predicted molar refractivity (Wildman–Crippen MR) is 56.1 cm³/mol. The number of fused-ring (bicyclic) bond motifs is 1. The number of likely N-dealkylation sites (N-methyl/N-ethyl adjacent to an activating group) is 1. The van der Waals surface area contributed by atoms with E-state index in [0.717, 1.165) is 5.06 Å². The maximum atomic E-state index is 11.7. The Morgan fingerprint density at radius 3 is 2.81 bits per heavy atom. The Hall–Kier alpha value is -1.75. The van der Waals surface area contributed by atoms with Crippen LogP contribution >= 0.6 is 0 Å². The van der Waals surface area contributed by atoms with Crippen molar-refractivity contribution >= 4 is 5.91 Å². The van der Waals surface area contributed by atoms with Gasteiger partial charge < -0.3 is 9.47 Å². The molecule has 1 aromatic rings. The number of carbonyl (C=O) groups is 1. The van der Waals surface area contributed by atoms with Gasteiger partial charge in [-0.1, -0.05) is 12.1 Å². The number of benzene rings is 1. The fourth-order valence-corrected chi connectivity index (χ4v) is 1.43. The van der Waals surface area contributed by atoms with Gasteiger partial charge in [-0.25, -0.2) is 5.06 Å². The zero-order valence-corrected chi connectivity index (χ0v) is 9.17. The molecule has 86 valence electrons. The van der Waals surface area contributed by atoms with Crippen LogP contribution in [0.5, 0.6) is 11.5 Å². The van der Waals surface area contributed by atoms with Crippen LogP contribution in [0.4, 0.5) is 0 Å². The molecule has 0 radical (unpaired) electrons. The summed E-state index contributed by atoms with van der Waals surface area (Å²) in [7, 11) is 2.96. The SMILES string of the molecule is CON(C)C(=O)C1COc2ccccc2O1. The van der Waals surface area contributed by atoms with E-state index in [-0.39, 0.29) is 12.5 Å². The molecule has 1 aliphatic heterocycles. The fourth-order valence-electron chi connectivity index (χ4n) is 1.43. The summed E-state index contributed by atoms with van der Waals surface area (Å²) in [6.45, 7) is 0.198. The molecule has 5 heteroatoms. The van der Waals surface area contributed by atoms with Crippen molar-refractivity contribution in [3.63, 3.8) is 0 Å². The first kappa shape index (κ1) is 10.8. The molecule has 1 unspecified atom stereocenters. The van der Waals surface area contributed by atoms with Crippen molar-refractivity contribution in [2.75, 3.05) is 20.8 Å². The molecule has 1 heterocycles. The standard InChI is InChI=1S/C11H13NO4/c1-12(14-2)11(13)10-7-15-8-5-3-4-6-9(8)16-10/h3-6,10H,7H2,1-2H3. The van der Waals surface area contributed by atoms with E-state index in [1.807, 2.05) is 12.1 Å². The topological polar surface area (TPSA) is 48.0 Å². The van der Waals surface area contributed by atoms with Crippen LogP contribution in [0.2, 0.25) is 0 Å². The minimum atomic E-state index is -0.653. The highest BCUT2D eigenvalue weighted by Crippen LogP contribution is 2.31. The Morgan fingerprint density at radius 1 is 1.44 bits per heavy atom. The summed E-state index contributed by atoms with van der Waals surface area (Å²) >= 11 is 0. The minimum Gasteiger partial charge on any atom is -0.485 e. The van der Waals surface area contributed by atoms with Gasteiger partial charge in [-0.2, -0.15) is 0 Å². The number of ether oxygens (including phenoxy) is 2. The summed E-state index contributed by atoms with van der Waals surface area (Å²) in [5.41, 5.74) is 0. The van der Waals surface area contributed by atoms with E-state index in [0.29, 0.717) is 11.5 Å². The first-order valence-electron chi connectivity index (χ1n) is 4.92. The largest absolute Gasteiger partial charge is 0.485 e. The fraction of sp³-hybridized carbons (Fsp3) is 0.364. The normalized spacial score (nSPS) is 18.0. The van der Waals surface area contributed by atoms with Gasteiger partial charge in [-0.05, 0) is 12.1 Å². The smallest absolute Gasteiger partial charge is 0.290 e. The second-order valence-corrected chi connectivity index (χ2v) is 3.38. The lowest BCUT2D eigenvalue weighted by Gasteiger charge is -2.27. The number of carbonyl (C=O) groups excluding carboxylic acids is 1. The number of para-hydroxylation sites is 2. The summed E-state index contributed by atoms with van der Waals surface area (Å²) in [5, 5.41) is 1.13. The van der Waals surface area contributed by atoms with E-state index in [4.69, 9.17) is 14.3 Å². The van der Waals surface area contributed by atoms with Crippen LogP contribution in [0.1, 0.15) is 0 Å². The first-order chi connectivity index (χ1) is 7.72. The lowest BCUT2D eigenvalue weighted by molar-refractivity contribution is -0.178. The molecule has 0 fully saturated rings. The highest BCUT2D eigenvalue weighted by Gasteiger charge is 2.29. The Balaban J connectivity index is 2.11. The summed E-state index contributed by atoms with van der Waals surface area (Å²) in [6.07, 6.45) is -0.653. The van der Waals surface area contributed by atoms with Crippen molar-refractivity contribution in [3.8, 4) is 11.5 Å². The molecule has 0 bridgehead atoms. The molecule has 16 heavy (non-hydrogen) atoms. The molecular weight excluding hydrogens is 210 g/mol. The van der Waals surface area contributed by atoms with Crippen LogP contribution in [0, 0.1) is 0 Å². The second-order valence-electron chi connectivity index (χ2n) is 3.38. The van der Waals surface area contributed by atoms with Crippen LogP contribution in [0.15, 0.2) is 24.3 Å². The van der Waals surface area contributed by atoms with E-state index in [2.05, 4.69) is 0 Å². The van der Waals surface area contributed by atoms with Crippen LogP contribution in [0.25, 0.3) is 0 Å². The van der Waals surface area contributed by atoms with Crippen molar-refractivity contribution in [2.45, 2.75) is 6.10 Å². The molecule has 1 amide bonds. The number of hydrogen-bond acceptors (Lipinski definition) is 4. The predicted octanol–water partition coefficient (Wildman–Crippen LogP) is 0.846. The minimum absolute atomic E-state index is 0.198. The Kier molecular flexibility index (Phi) is 2.96. The summed E-state index contributed by atoms with van der Waals surface area (Å²) in [4.78, 5) is 16.5. The monoisotopic (exact) mass is 223 g/mol. The van der Waals surface area contributed by atoms with Crippen LogP contribution in [-0.4, -0.2) is 37.8 Å². The van der Waals surface area contributed by atoms with Gasteiger partial charge in [0.15, 0.2) is 11.5 Å². The number of rotatable bonds is 2. The molecule has 0 saturated heterocycles. The molecule has 1 aliphatic rings. The average Bonchev–Trinajstić information content (AvgIpc) is 2.36. The van der Waals surface area contributed by atoms with E-state index >= 15 is 0 Å². The van der Waals surface area contributed by atoms with Crippen LogP contribution in [-0.2, 0) is 9.63 Å². The Bertz CT molecular complexity index is 393. The number of hydrogen-bond donors (Lipinski definition) is 0. The van der Waals surface area contributed by atoms with Crippen molar-refractivity contribution in [3.05, 3.63) is 24.3 Å². The van der Waals surface area contributed by atoms with Gasteiger partial charge >= 0.3 is 0 Å². The molecule has 0 aromatic heterocycles. The third-order valence-corrected chi connectivity index (χ3v) is 2.37. The van der Waals surface area contributed by atoms with Gasteiger partial charge in [0.1, 0.15) is 6.61 Å². The lowest BCUT2D eigenvalue weighted by atomic mass is 10.2. The summed E-state index contributed by atoms with van der Waals surface area (Å²) in [6, 6.07) is 7.25. The van der Waals surface area contributed by atoms with Crippen molar-refractivity contribution < 1.29 is 19.1 Å². The maximum Gasteiger partial charge on any atom is 0.290 e. The highest BCUT2D eigenvalue weighted by molar-refractivity contribution is 5.80. The summed E-state index contributed by atoms with van der Waals surface area (Å²) < 4.78 is 10.9. The molecule has 0 saturated carbocycles. The highest BCUT2D eigenvalue weighted by atomic mass is 16.7. The third-order valence-electron chi connectivity index (χ3n) is 2.37. The maximum absolute atomic E-state index is 11.7. The lowest BCUT2D eigenvalue weighted by Crippen LogP contribution is -2.44. The van der Waals surface area contributed by atoms with Crippen molar-refractivity contribution in [2.24, 2.45) is 0 Å². The zero-order valence-electron chi connectivity index (χ0n) is 9.17. The zero-order chi connectivity index (χ0) is 11.5. The van der Waals surface area contributed by atoms with E-state index < -0.39 is 6.10 Å². The van der Waals surface area contributed by atoms with Crippen molar-refractivity contribution in [1.82, 2.24) is 5.06 Å². The van der Waals surface area contributed by atoms with Gasteiger partial charge in [0.2, 0.25) is 6.10 Å². The average molecular weight is 223 g/mol. The van der Waals surface area contributed by atoms with Gasteiger partial charge in [0.05, 0.1) is 7.11 Å². The first-order valence-corrected chi connectivity index (χ1v) is 4.92. The van der Waals surface area contributed by atoms with Gasteiger partial charge in [0.25, 0.3) is 5.91 Å². The molecule has 0 aliphatic carbocycles. The van der Waals surface area contributed by atoms with Crippen LogP contribution < -0.4 is 9.47 Å². The van der Waals surface area contributed by atoms with Crippen molar-refractivity contribution in [1.29, 1.82) is 0 Å². The molecular formula is C11H13NO4. The van der Waals surface area contributed by atoms with E-state index in [1.54, 1.807) is 12.1 Å². The molecule has 1 atom stereocenters. The number of amides is 1. The van der Waals surface area contributed by atoms with E-state index in [9.17, 15) is 4.79 Å². The van der Waals surface area contributed by atoms with E-state index in [1.165, 1.54) is 14.2 Å². The Morgan fingerprint density at radius 2 is 2.12 bits per heavy atom. The summed E-state index contributed by atoms with van der Waals surface area (Å²) in [5.74, 6) is 0.972. The quantitative estimate of drug-likeness (QED) is 0.697. The molecule has 1 aromatic carbocycles. The van der Waals surface area contributed by atoms with Crippen LogP contribution in [0.3, 0.4) is 0 Å². The molecule has 2 rings (SSSR count).